The minimum Gasteiger partial charge on any atom is -0.474 e. The Balaban J connectivity index is 1.92. The molecule has 0 aromatic carbocycles. The zero-order chi connectivity index (χ0) is 13.9. The summed E-state index contributed by atoms with van der Waals surface area (Å²) in [6, 6.07) is 2.28. The van der Waals surface area contributed by atoms with Gasteiger partial charge in [0, 0.05) is 12.3 Å². The number of allylic oxidation sites excluding steroid dienone is 1. The summed E-state index contributed by atoms with van der Waals surface area (Å²) in [4.78, 5) is 3.72. The molecule has 19 heavy (non-hydrogen) atoms. The van der Waals surface area contributed by atoms with Gasteiger partial charge in [0.1, 0.15) is 6.10 Å². The normalized spacial score (nSPS) is 23.9. The second kappa shape index (κ2) is 5.63. The van der Waals surface area contributed by atoms with E-state index >= 15 is 0 Å². The van der Waals surface area contributed by atoms with Crippen molar-refractivity contribution in [2.75, 3.05) is 0 Å². The van der Waals surface area contributed by atoms with Crippen molar-refractivity contribution in [2.24, 2.45) is 5.92 Å². The van der Waals surface area contributed by atoms with Crippen molar-refractivity contribution in [3.8, 4) is 5.88 Å². The van der Waals surface area contributed by atoms with Gasteiger partial charge in [-0.2, -0.15) is 13.2 Å². The molecule has 5 heteroatoms. The van der Waals surface area contributed by atoms with Crippen molar-refractivity contribution in [3.63, 3.8) is 0 Å². The van der Waals surface area contributed by atoms with E-state index in [0.717, 1.165) is 37.9 Å². The third kappa shape index (κ3) is 3.72. The van der Waals surface area contributed by atoms with Crippen LogP contribution in [0.1, 0.15) is 31.2 Å². The monoisotopic (exact) mass is 271 g/mol. The lowest BCUT2D eigenvalue weighted by Gasteiger charge is -2.26. The number of nitrogens with zero attached hydrogens (tertiary/aromatic N) is 1. The van der Waals surface area contributed by atoms with Gasteiger partial charge in [-0.05, 0) is 37.7 Å². The average molecular weight is 271 g/mol. The molecule has 0 saturated heterocycles. The van der Waals surface area contributed by atoms with Gasteiger partial charge in [0.25, 0.3) is 0 Å². The van der Waals surface area contributed by atoms with Crippen LogP contribution in [-0.2, 0) is 6.18 Å². The first kappa shape index (κ1) is 13.9. The molecule has 1 aliphatic carbocycles. The fraction of sp³-hybridized carbons (Fsp3) is 0.500. The second-order valence-electron chi connectivity index (χ2n) is 4.77. The van der Waals surface area contributed by atoms with E-state index in [2.05, 4.69) is 11.6 Å². The highest BCUT2D eigenvalue weighted by Crippen LogP contribution is 2.30. The van der Waals surface area contributed by atoms with Crippen LogP contribution in [0, 0.1) is 5.92 Å². The Hall–Kier alpha value is -1.52. The van der Waals surface area contributed by atoms with Crippen LogP contribution in [0.15, 0.2) is 31.0 Å². The molecular formula is C14H16F3NO. The van der Waals surface area contributed by atoms with E-state index in [1.54, 1.807) is 0 Å². The predicted octanol–water partition coefficient (Wildman–Crippen LogP) is 4.22. The molecule has 1 saturated carbocycles. The van der Waals surface area contributed by atoms with Gasteiger partial charge < -0.3 is 4.74 Å². The summed E-state index contributed by atoms with van der Waals surface area (Å²) in [5.41, 5.74) is -0.754. The van der Waals surface area contributed by atoms with Gasteiger partial charge in [-0.15, -0.1) is 6.58 Å². The number of hydrogen-bond donors (Lipinski definition) is 0. The molecule has 0 N–H and O–H groups in total. The fourth-order valence-electron chi connectivity index (χ4n) is 2.23. The second-order valence-corrected chi connectivity index (χ2v) is 4.77. The Bertz CT molecular complexity index is 419. The first-order valence-electron chi connectivity index (χ1n) is 6.31. The number of aromatic nitrogens is 1. The first-order chi connectivity index (χ1) is 8.99. The van der Waals surface area contributed by atoms with Crippen LogP contribution >= 0.6 is 0 Å². The topological polar surface area (TPSA) is 22.1 Å². The van der Waals surface area contributed by atoms with Crippen molar-refractivity contribution >= 4 is 0 Å². The Morgan fingerprint density at radius 2 is 1.89 bits per heavy atom. The van der Waals surface area contributed by atoms with E-state index in [-0.39, 0.29) is 12.0 Å². The maximum atomic E-state index is 12.4. The molecule has 1 aromatic heterocycles. The van der Waals surface area contributed by atoms with Crippen molar-refractivity contribution in [1.29, 1.82) is 0 Å². The van der Waals surface area contributed by atoms with E-state index in [0.29, 0.717) is 5.92 Å². The zero-order valence-electron chi connectivity index (χ0n) is 10.5. The Morgan fingerprint density at radius 1 is 1.21 bits per heavy atom. The van der Waals surface area contributed by atoms with Crippen molar-refractivity contribution in [2.45, 2.75) is 38.0 Å². The van der Waals surface area contributed by atoms with Gasteiger partial charge in [-0.25, -0.2) is 4.98 Å². The highest BCUT2D eigenvalue weighted by Gasteiger charge is 2.31. The molecule has 2 rings (SSSR count). The lowest BCUT2D eigenvalue weighted by Crippen LogP contribution is -2.23. The molecule has 1 aromatic rings. The van der Waals surface area contributed by atoms with Crippen molar-refractivity contribution in [3.05, 3.63) is 36.5 Å². The molecule has 1 aliphatic rings. The molecule has 1 fully saturated rings. The van der Waals surface area contributed by atoms with Gasteiger partial charge in [0.2, 0.25) is 5.88 Å². The molecule has 0 radical (unpaired) electrons. The summed E-state index contributed by atoms with van der Waals surface area (Å²) < 4.78 is 42.7. The molecule has 2 nitrogen and oxygen atoms in total. The minimum absolute atomic E-state index is 0.0421. The van der Waals surface area contributed by atoms with Crippen LogP contribution in [-0.4, -0.2) is 11.1 Å². The number of ether oxygens (including phenoxy) is 1. The number of pyridine rings is 1. The number of alkyl halides is 3. The maximum absolute atomic E-state index is 12.4. The summed E-state index contributed by atoms with van der Waals surface area (Å²) in [5, 5.41) is 0. The van der Waals surface area contributed by atoms with Crippen LogP contribution in [0.5, 0.6) is 5.88 Å². The van der Waals surface area contributed by atoms with Gasteiger partial charge in [-0.3, -0.25) is 0 Å². The van der Waals surface area contributed by atoms with Crippen molar-refractivity contribution < 1.29 is 17.9 Å². The van der Waals surface area contributed by atoms with Gasteiger partial charge in [-0.1, -0.05) is 6.08 Å². The average Bonchev–Trinajstić information content (AvgIpc) is 2.39. The quantitative estimate of drug-likeness (QED) is 0.768. The van der Waals surface area contributed by atoms with Crippen LogP contribution < -0.4 is 4.74 Å². The molecule has 0 unspecified atom stereocenters. The molecule has 0 spiro atoms. The smallest absolute Gasteiger partial charge is 0.417 e. The Kier molecular flexibility index (Phi) is 4.12. The molecule has 0 aliphatic heterocycles. The largest absolute Gasteiger partial charge is 0.474 e. The zero-order valence-corrected chi connectivity index (χ0v) is 10.5. The van der Waals surface area contributed by atoms with Crippen LogP contribution in [0.4, 0.5) is 13.2 Å². The molecular weight excluding hydrogens is 255 g/mol. The summed E-state index contributed by atoms with van der Waals surface area (Å²) in [6.45, 7) is 3.77. The highest BCUT2D eigenvalue weighted by molar-refractivity contribution is 5.20. The summed E-state index contributed by atoms with van der Waals surface area (Å²) in [5.74, 6) is 0.787. The molecule has 104 valence electrons. The summed E-state index contributed by atoms with van der Waals surface area (Å²) in [6.07, 6.45) is 2.24. The fourth-order valence-corrected chi connectivity index (χ4v) is 2.23. The lowest BCUT2D eigenvalue weighted by atomic mass is 9.87. The number of halogens is 3. The SMILES string of the molecule is C=CC1CCC(Oc2ccc(C(F)(F)F)cn2)CC1. The van der Waals surface area contributed by atoms with Crippen LogP contribution in [0.25, 0.3) is 0 Å². The standard InChI is InChI=1S/C14H16F3NO/c1-2-10-3-6-12(7-4-10)19-13-8-5-11(9-18-13)14(15,16)17/h2,5,8-10,12H,1,3-4,6-7H2. The van der Waals surface area contributed by atoms with Gasteiger partial charge >= 0.3 is 6.18 Å². The third-order valence-corrected chi connectivity index (χ3v) is 3.40. The molecule has 0 amide bonds. The number of rotatable bonds is 3. The third-order valence-electron chi connectivity index (χ3n) is 3.40. The Labute approximate surface area is 110 Å². The summed E-state index contributed by atoms with van der Waals surface area (Å²) >= 11 is 0. The maximum Gasteiger partial charge on any atom is 0.417 e. The number of hydrogen-bond acceptors (Lipinski definition) is 2. The molecule has 0 atom stereocenters. The Morgan fingerprint density at radius 3 is 2.37 bits per heavy atom. The van der Waals surface area contributed by atoms with E-state index in [1.165, 1.54) is 6.07 Å². The minimum atomic E-state index is -4.35. The first-order valence-corrected chi connectivity index (χ1v) is 6.31. The highest BCUT2D eigenvalue weighted by atomic mass is 19.4. The molecule has 1 heterocycles. The van der Waals surface area contributed by atoms with Crippen LogP contribution in [0.3, 0.4) is 0 Å². The van der Waals surface area contributed by atoms with E-state index in [4.69, 9.17) is 4.74 Å². The van der Waals surface area contributed by atoms with E-state index in [1.807, 2.05) is 6.08 Å². The predicted molar refractivity (Wildman–Crippen MR) is 65.8 cm³/mol. The lowest BCUT2D eigenvalue weighted by molar-refractivity contribution is -0.137. The van der Waals surface area contributed by atoms with Gasteiger partial charge in [0.15, 0.2) is 0 Å². The summed E-state index contributed by atoms with van der Waals surface area (Å²) in [7, 11) is 0. The van der Waals surface area contributed by atoms with Crippen LogP contribution in [0.2, 0.25) is 0 Å². The van der Waals surface area contributed by atoms with Gasteiger partial charge in [0.05, 0.1) is 5.56 Å². The van der Waals surface area contributed by atoms with E-state index < -0.39 is 11.7 Å². The molecule has 0 bridgehead atoms. The van der Waals surface area contributed by atoms with E-state index in [9.17, 15) is 13.2 Å². The van der Waals surface area contributed by atoms with Crippen molar-refractivity contribution in [1.82, 2.24) is 4.98 Å².